The zero-order chi connectivity index (χ0) is 57.7. The second kappa shape index (κ2) is 22.1. The van der Waals surface area contributed by atoms with Gasteiger partial charge in [0.2, 0.25) is 0 Å². The number of aliphatic hydroxyl groups is 12. The van der Waals surface area contributed by atoms with E-state index in [0.717, 1.165) is 5.57 Å². The first-order valence-electron chi connectivity index (χ1n) is 27.2. The van der Waals surface area contributed by atoms with Crippen LogP contribution >= 0.6 is 0 Å². The number of fused-ring (bicyclic) bond motifs is 7. The molecular formula is C54H84O24. The molecule has 3 aliphatic heterocycles. The number of carboxylic acids is 1. The van der Waals surface area contributed by atoms with E-state index in [2.05, 4.69) is 33.4 Å². The summed E-state index contributed by atoms with van der Waals surface area (Å²) in [7, 11) is 0. The van der Waals surface area contributed by atoms with Crippen molar-refractivity contribution in [2.45, 2.75) is 217 Å². The standard InChI is InChI=1S/C54H84O24/c1-22(2)45(70)78-42-43(71-23(3)59)54(21-58)25(16-49(42,4)5)24-10-11-29-50(6)14-13-31(51(7,20-57)28(50)12-15-52(29,8)53(24,9)17-30(54)60)74-48-40(76-47-37(66)35(64)33(62)27(19-56)73-47)38(67)39(41(77-48)44(68)69)75-46-36(65)34(63)32(61)26(18-55)72-46/h10,25-43,46-48,55-58,60-67H,1,11-21H2,2-9H3,(H,68,69)/t25?,26-,27-,28?,29?,30-,31+,32-,33-,34+,35+,36-,37-,38+,39+,40-,41+,42+,43+,46+,47+,48-,50+,51-,52-,53-,54+/m1/s1. The van der Waals surface area contributed by atoms with Crippen molar-refractivity contribution in [2.75, 3.05) is 26.4 Å². The lowest BCUT2D eigenvalue weighted by Gasteiger charge is -2.72. The zero-order valence-corrected chi connectivity index (χ0v) is 45.6. The van der Waals surface area contributed by atoms with Crippen LogP contribution in [0.1, 0.15) is 100 Å². The Morgan fingerprint density at radius 1 is 0.654 bits per heavy atom. The fourth-order valence-corrected chi connectivity index (χ4v) is 16.1. The molecule has 24 heteroatoms. The number of carboxylic acid groups (broad SMARTS) is 1. The third-order valence-corrected chi connectivity index (χ3v) is 20.6. The van der Waals surface area contributed by atoms with Gasteiger partial charge in [-0.15, -0.1) is 0 Å². The second-order valence-corrected chi connectivity index (χ2v) is 25.3. The molecule has 0 amide bonds. The van der Waals surface area contributed by atoms with Crippen LogP contribution in [0.3, 0.4) is 0 Å². The van der Waals surface area contributed by atoms with Gasteiger partial charge >= 0.3 is 17.9 Å². The summed E-state index contributed by atoms with van der Waals surface area (Å²) < 4.78 is 48.0. The van der Waals surface area contributed by atoms with Crippen LogP contribution in [0.15, 0.2) is 23.8 Å². The molecule has 0 aromatic heterocycles. The minimum absolute atomic E-state index is 0.0879. The highest BCUT2D eigenvalue weighted by atomic mass is 16.8. The summed E-state index contributed by atoms with van der Waals surface area (Å²) in [6.45, 7) is 15.9. The molecule has 3 heterocycles. The lowest BCUT2D eigenvalue weighted by atomic mass is 9.33. The number of hydrogen-bond acceptors (Lipinski definition) is 23. The van der Waals surface area contributed by atoms with E-state index in [1.807, 2.05) is 20.8 Å². The van der Waals surface area contributed by atoms with Gasteiger partial charge in [0.25, 0.3) is 0 Å². The van der Waals surface area contributed by atoms with Gasteiger partial charge in [-0.1, -0.05) is 59.8 Å². The van der Waals surface area contributed by atoms with E-state index in [1.165, 1.54) is 13.8 Å². The van der Waals surface area contributed by atoms with Crippen LogP contribution in [-0.4, -0.2) is 227 Å². The molecule has 0 bridgehead atoms. The summed E-state index contributed by atoms with van der Waals surface area (Å²) in [5.41, 5.74) is -4.04. The number of aliphatic carboxylic acids is 1. The van der Waals surface area contributed by atoms with Crippen molar-refractivity contribution in [1.82, 2.24) is 0 Å². The average molecular weight is 1120 g/mol. The van der Waals surface area contributed by atoms with Crippen molar-refractivity contribution < 1.29 is 119 Å². The Hall–Kier alpha value is -2.83. The van der Waals surface area contributed by atoms with E-state index < -0.39 is 199 Å². The molecule has 444 valence electrons. The van der Waals surface area contributed by atoms with Crippen molar-refractivity contribution in [3.63, 3.8) is 0 Å². The molecule has 8 aliphatic rings. The third kappa shape index (κ3) is 9.61. The van der Waals surface area contributed by atoms with Crippen LogP contribution < -0.4 is 0 Å². The van der Waals surface area contributed by atoms with Crippen LogP contribution in [0.4, 0.5) is 0 Å². The number of aliphatic hydroxyl groups excluding tert-OH is 12. The maximum absolute atomic E-state index is 13.1. The molecule has 27 atom stereocenters. The SMILES string of the molecule is C=C(C)C(=O)O[C@H]1[C@H](OC(C)=O)[C@@]2(CO)C(CC1(C)C)C1=CCC3[C@@]4(C)CC[C@H](O[C@@H]5O[C@H](C(=O)O)[C@@H](O[C@@H]6O[C@H](CO)[C@@H](O)[C@H](O)[C@H]6O)[C@H](O)[C@H]5O[C@@H]5O[C@H](CO)[C@@H](O)[C@H](O)[C@H]5O)[C@](C)(CO)C4CC[C@@]3(C)[C@]1(C)C[C@H]2O. The molecule has 5 aliphatic carbocycles. The normalized spacial score (nSPS) is 50.8. The van der Waals surface area contributed by atoms with Gasteiger partial charge in [0.1, 0.15) is 79.4 Å². The smallest absolute Gasteiger partial charge is 0.335 e. The number of ether oxygens (including phenoxy) is 8. The number of esters is 2. The topological polar surface area (TPSA) is 388 Å². The molecule has 78 heavy (non-hydrogen) atoms. The monoisotopic (exact) mass is 1120 g/mol. The van der Waals surface area contributed by atoms with E-state index in [9.17, 15) is 80.8 Å². The van der Waals surface area contributed by atoms with E-state index in [-0.39, 0.29) is 30.3 Å². The second-order valence-electron chi connectivity index (χ2n) is 25.3. The van der Waals surface area contributed by atoms with Crippen molar-refractivity contribution in [2.24, 2.45) is 50.2 Å². The Balaban J connectivity index is 1.12. The summed E-state index contributed by atoms with van der Waals surface area (Å²) in [5.74, 6) is -4.00. The summed E-state index contributed by atoms with van der Waals surface area (Å²) >= 11 is 0. The molecule has 3 saturated heterocycles. The average Bonchev–Trinajstić information content (AvgIpc) is 3.46. The Kier molecular flexibility index (Phi) is 17.3. The lowest BCUT2D eigenvalue weighted by molar-refractivity contribution is -0.392. The van der Waals surface area contributed by atoms with Crippen molar-refractivity contribution in [3.05, 3.63) is 23.8 Å². The Bertz CT molecular complexity index is 2260. The number of allylic oxidation sites excluding steroid dienone is 2. The first-order chi connectivity index (χ1) is 36.4. The summed E-state index contributed by atoms with van der Waals surface area (Å²) in [6.07, 6.45) is -28.2. The van der Waals surface area contributed by atoms with Gasteiger partial charge in [0.05, 0.1) is 44.1 Å². The maximum atomic E-state index is 13.1. The molecule has 13 N–H and O–H groups in total. The van der Waals surface area contributed by atoms with E-state index in [1.54, 1.807) is 0 Å². The quantitative estimate of drug-likeness (QED) is 0.0399. The van der Waals surface area contributed by atoms with Gasteiger partial charge < -0.3 is 104 Å². The largest absolute Gasteiger partial charge is 0.479 e. The number of carbonyl (C=O) groups is 3. The van der Waals surface area contributed by atoms with Crippen molar-refractivity contribution >= 4 is 17.9 Å². The summed E-state index contributed by atoms with van der Waals surface area (Å²) in [5, 5.41) is 143. The predicted molar refractivity (Wildman–Crippen MR) is 264 cm³/mol. The van der Waals surface area contributed by atoms with E-state index in [4.69, 9.17) is 37.9 Å². The van der Waals surface area contributed by atoms with E-state index >= 15 is 0 Å². The first kappa shape index (κ1) is 61.2. The lowest BCUT2D eigenvalue weighted by Crippen LogP contribution is -2.72. The van der Waals surface area contributed by atoms with Gasteiger partial charge in [0.15, 0.2) is 25.0 Å². The first-order valence-corrected chi connectivity index (χ1v) is 27.2. The molecule has 7 fully saturated rings. The summed E-state index contributed by atoms with van der Waals surface area (Å²) in [6, 6.07) is 0. The van der Waals surface area contributed by atoms with Crippen LogP contribution in [0, 0.1) is 50.2 Å². The Morgan fingerprint density at radius 3 is 1.74 bits per heavy atom. The minimum atomic E-state index is -2.18. The molecule has 24 nitrogen and oxygen atoms in total. The van der Waals surface area contributed by atoms with Gasteiger partial charge in [-0.05, 0) is 85.9 Å². The van der Waals surface area contributed by atoms with Gasteiger partial charge in [-0.25, -0.2) is 9.59 Å². The molecule has 4 saturated carbocycles. The maximum Gasteiger partial charge on any atom is 0.335 e. The molecule has 0 radical (unpaired) electrons. The molecule has 8 rings (SSSR count). The highest BCUT2D eigenvalue weighted by Gasteiger charge is 2.74. The van der Waals surface area contributed by atoms with E-state index in [0.29, 0.717) is 32.1 Å². The fourth-order valence-electron chi connectivity index (χ4n) is 16.1. The van der Waals surface area contributed by atoms with Gasteiger partial charge in [-0.3, -0.25) is 4.79 Å². The molecule has 0 aromatic rings. The Morgan fingerprint density at radius 2 is 1.23 bits per heavy atom. The molecule has 0 spiro atoms. The number of carbonyl (C=O) groups excluding carboxylic acids is 2. The van der Waals surface area contributed by atoms with Crippen molar-refractivity contribution in [1.29, 1.82) is 0 Å². The zero-order valence-electron chi connectivity index (χ0n) is 45.6. The van der Waals surface area contributed by atoms with Gasteiger partial charge in [0, 0.05) is 23.3 Å². The highest BCUT2D eigenvalue weighted by molar-refractivity contribution is 5.87. The number of rotatable bonds is 14. The molecular weight excluding hydrogens is 1030 g/mol. The van der Waals surface area contributed by atoms with Crippen molar-refractivity contribution in [3.8, 4) is 0 Å². The fraction of sp³-hybridized carbons (Fsp3) is 0.870. The van der Waals surface area contributed by atoms with Crippen LogP contribution in [0.25, 0.3) is 0 Å². The minimum Gasteiger partial charge on any atom is -0.479 e. The molecule has 3 unspecified atom stereocenters. The Labute approximate surface area is 452 Å². The number of hydrogen-bond donors (Lipinski definition) is 13. The van der Waals surface area contributed by atoms with Crippen LogP contribution in [-0.2, 0) is 52.3 Å². The van der Waals surface area contributed by atoms with Crippen LogP contribution in [0.2, 0.25) is 0 Å². The predicted octanol–water partition coefficient (Wildman–Crippen LogP) is -1.71. The van der Waals surface area contributed by atoms with Crippen LogP contribution in [0.5, 0.6) is 0 Å². The summed E-state index contributed by atoms with van der Waals surface area (Å²) in [4.78, 5) is 39.2. The van der Waals surface area contributed by atoms with Gasteiger partial charge in [-0.2, -0.15) is 0 Å². The highest BCUT2D eigenvalue weighted by Crippen LogP contribution is 2.76. The molecule has 0 aromatic carbocycles. The third-order valence-electron chi connectivity index (χ3n) is 20.6.